The Morgan fingerprint density at radius 1 is 1.20 bits per heavy atom. The average molecular weight is 229 g/mol. The maximum Gasteiger partial charge on any atom is 0.0404 e. The molecule has 2 fully saturated rings. The summed E-state index contributed by atoms with van der Waals surface area (Å²) in [5.74, 6) is 0.627. The molecule has 0 bridgehead atoms. The van der Waals surface area contributed by atoms with E-state index < -0.39 is 0 Å². The van der Waals surface area contributed by atoms with Crippen LogP contribution in [-0.4, -0.2) is 42.5 Å². The highest BCUT2D eigenvalue weighted by Crippen LogP contribution is 2.26. The fourth-order valence-corrected chi connectivity index (χ4v) is 2.98. The van der Waals surface area contributed by atoms with Crippen molar-refractivity contribution in [1.29, 1.82) is 0 Å². The standard InChI is InChI=1S/C12H21ClN2/c13-7-2-3-8-14-11-6-10-15-9-4-1-5-12(11)15/h2-3,11-12,14H,1,4-10H2/b3-2+. The molecule has 3 heteroatoms. The van der Waals surface area contributed by atoms with Gasteiger partial charge in [-0.1, -0.05) is 18.6 Å². The summed E-state index contributed by atoms with van der Waals surface area (Å²) in [6, 6.07) is 1.52. The van der Waals surface area contributed by atoms with Crippen LogP contribution in [0.5, 0.6) is 0 Å². The van der Waals surface area contributed by atoms with E-state index in [0.29, 0.717) is 11.9 Å². The van der Waals surface area contributed by atoms with Crippen LogP contribution in [0.1, 0.15) is 25.7 Å². The van der Waals surface area contributed by atoms with Gasteiger partial charge in [0, 0.05) is 31.1 Å². The van der Waals surface area contributed by atoms with Gasteiger partial charge < -0.3 is 5.32 Å². The van der Waals surface area contributed by atoms with E-state index in [1.165, 1.54) is 38.8 Å². The predicted octanol–water partition coefficient (Wildman–Crippen LogP) is 2.00. The van der Waals surface area contributed by atoms with E-state index in [9.17, 15) is 0 Å². The summed E-state index contributed by atoms with van der Waals surface area (Å²) in [5.41, 5.74) is 0. The second-order valence-electron chi connectivity index (χ2n) is 4.53. The Morgan fingerprint density at radius 2 is 2.13 bits per heavy atom. The summed E-state index contributed by atoms with van der Waals surface area (Å²) >= 11 is 5.58. The van der Waals surface area contributed by atoms with Crippen molar-refractivity contribution in [3.63, 3.8) is 0 Å². The Kier molecular flexibility index (Phi) is 4.48. The third-order valence-electron chi connectivity index (χ3n) is 3.61. The summed E-state index contributed by atoms with van der Waals surface area (Å²) in [4.78, 5) is 2.66. The van der Waals surface area contributed by atoms with Gasteiger partial charge in [-0.25, -0.2) is 0 Å². The minimum atomic E-state index is 0.627. The molecule has 0 spiro atoms. The third-order valence-corrected chi connectivity index (χ3v) is 3.79. The third kappa shape index (κ3) is 2.96. The van der Waals surface area contributed by atoms with Gasteiger partial charge in [-0.2, -0.15) is 0 Å². The van der Waals surface area contributed by atoms with Crippen molar-refractivity contribution in [3.8, 4) is 0 Å². The Morgan fingerprint density at radius 3 is 3.00 bits per heavy atom. The molecule has 2 heterocycles. The van der Waals surface area contributed by atoms with Crippen LogP contribution in [0.3, 0.4) is 0 Å². The first-order chi connectivity index (χ1) is 7.42. The number of hydrogen-bond acceptors (Lipinski definition) is 2. The van der Waals surface area contributed by atoms with Gasteiger partial charge in [0.15, 0.2) is 0 Å². The molecular weight excluding hydrogens is 208 g/mol. The maximum absolute atomic E-state index is 5.58. The smallest absolute Gasteiger partial charge is 0.0404 e. The molecule has 2 rings (SSSR count). The van der Waals surface area contributed by atoms with E-state index in [1.807, 2.05) is 6.08 Å². The molecular formula is C12H21ClN2. The molecule has 0 aromatic heterocycles. The highest BCUT2D eigenvalue weighted by atomic mass is 35.5. The molecule has 0 aromatic carbocycles. The molecule has 0 aromatic rings. The first-order valence-corrected chi connectivity index (χ1v) is 6.63. The molecule has 86 valence electrons. The summed E-state index contributed by atoms with van der Waals surface area (Å²) in [5, 5.41) is 3.63. The normalized spacial score (nSPS) is 32.3. The van der Waals surface area contributed by atoms with Crippen molar-refractivity contribution in [1.82, 2.24) is 10.2 Å². The topological polar surface area (TPSA) is 15.3 Å². The largest absolute Gasteiger partial charge is 0.309 e. The number of rotatable bonds is 4. The van der Waals surface area contributed by atoms with Crippen LogP contribution in [0.15, 0.2) is 12.2 Å². The van der Waals surface area contributed by atoms with E-state index in [0.717, 1.165) is 12.6 Å². The monoisotopic (exact) mass is 228 g/mol. The molecule has 15 heavy (non-hydrogen) atoms. The van der Waals surface area contributed by atoms with Crippen LogP contribution in [-0.2, 0) is 0 Å². The molecule has 2 atom stereocenters. The highest BCUT2D eigenvalue weighted by molar-refractivity contribution is 6.18. The van der Waals surface area contributed by atoms with Crippen LogP contribution in [0.2, 0.25) is 0 Å². The van der Waals surface area contributed by atoms with Gasteiger partial charge in [-0.3, -0.25) is 4.90 Å². The molecule has 1 N–H and O–H groups in total. The van der Waals surface area contributed by atoms with Gasteiger partial charge in [0.1, 0.15) is 0 Å². The van der Waals surface area contributed by atoms with Gasteiger partial charge in [-0.15, -0.1) is 11.6 Å². The van der Waals surface area contributed by atoms with E-state index in [2.05, 4.69) is 16.3 Å². The minimum absolute atomic E-state index is 0.627. The number of fused-ring (bicyclic) bond motifs is 1. The summed E-state index contributed by atoms with van der Waals surface area (Å²) in [7, 11) is 0. The Balaban J connectivity index is 1.75. The minimum Gasteiger partial charge on any atom is -0.309 e. The number of piperidine rings is 1. The zero-order valence-electron chi connectivity index (χ0n) is 9.29. The Bertz CT molecular complexity index is 218. The van der Waals surface area contributed by atoms with Crippen molar-refractivity contribution in [2.75, 3.05) is 25.5 Å². The molecule has 2 aliphatic rings. The van der Waals surface area contributed by atoms with Crippen molar-refractivity contribution >= 4 is 11.6 Å². The Labute approximate surface area is 97.7 Å². The van der Waals surface area contributed by atoms with E-state index in [-0.39, 0.29) is 0 Å². The first-order valence-electron chi connectivity index (χ1n) is 6.10. The number of halogens is 1. The van der Waals surface area contributed by atoms with Crippen LogP contribution < -0.4 is 5.32 Å². The van der Waals surface area contributed by atoms with Crippen LogP contribution in [0.25, 0.3) is 0 Å². The molecule has 0 amide bonds. The lowest BCUT2D eigenvalue weighted by molar-refractivity contribution is 0.182. The highest BCUT2D eigenvalue weighted by Gasteiger charge is 2.34. The quantitative estimate of drug-likeness (QED) is 0.585. The maximum atomic E-state index is 5.58. The second kappa shape index (κ2) is 5.88. The van der Waals surface area contributed by atoms with Crippen molar-refractivity contribution in [2.45, 2.75) is 37.8 Å². The van der Waals surface area contributed by atoms with Crippen LogP contribution in [0.4, 0.5) is 0 Å². The van der Waals surface area contributed by atoms with Gasteiger partial charge in [-0.05, 0) is 25.8 Å². The van der Waals surface area contributed by atoms with Gasteiger partial charge in [0.05, 0.1) is 0 Å². The molecule has 2 nitrogen and oxygen atoms in total. The van der Waals surface area contributed by atoms with Crippen molar-refractivity contribution in [2.24, 2.45) is 0 Å². The van der Waals surface area contributed by atoms with Gasteiger partial charge >= 0.3 is 0 Å². The Hall–Kier alpha value is -0.0500. The molecule has 2 aliphatic heterocycles. The number of allylic oxidation sites excluding steroid dienone is 1. The molecule has 0 aliphatic carbocycles. The number of nitrogens with one attached hydrogen (secondary N) is 1. The second-order valence-corrected chi connectivity index (χ2v) is 4.84. The summed E-state index contributed by atoms with van der Waals surface area (Å²) in [6.45, 7) is 3.59. The number of hydrogen-bond donors (Lipinski definition) is 1. The van der Waals surface area contributed by atoms with Crippen molar-refractivity contribution in [3.05, 3.63) is 12.2 Å². The fraction of sp³-hybridized carbons (Fsp3) is 0.833. The summed E-state index contributed by atoms with van der Waals surface area (Å²) < 4.78 is 0. The zero-order valence-corrected chi connectivity index (χ0v) is 10.0. The predicted molar refractivity (Wildman–Crippen MR) is 65.5 cm³/mol. The number of alkyl halides is 1. The van der Waals surface area contributed by atoms with E-state index >= 15 is 0 Å². The van der Waals surface area contributed by atoms with Crippen LogP contribution >= 0.6 is 11.6 Å². The first kappa shape index (κ1) is 11.4. The van der Waals surface area contributed by atoms with E-state index in [1.54, 1.807) is 0 Å². The lowest BCUT2D eigenvalue weighted by Crippen LogP contribution is -2.44. The molecule has 0 radical (unpaired) electrons. The van der Waals surface area contributed by atoms with E-state index in [4.69, 9.17) is 11.6 Å². The fourth-order valence-electron chi connectivity index (χ4n) is 2.85. The molecule has 2 unspecified atom stereocenters. The zero-order chi connectivity index (χ0) is 10.5. The van der Waals surface area contributed by atoms with Gasteiger partial charge in [0.2, 0.25) is 0 Å². The number of nitrogens with zero attached hydrogens (tertiary/aromatic N) is 1. The SMILES string of the molecule is ClC/C=C/CNC1CCN2CCCCC12. The lowest BCUT2D eigenvalue weighted by atomic mass is 9.99. The van der Waals surface area contributed by atoms with Crippen molar-refractivity contribution < 1.29 is 0 Å². The average Bonchev–Trinajstić information content (AvgIpc) is 2.68. The molecule has 2 saturated heterocycles. The summed E-state index contributed by atoms with van der Waals surface area (Å²) in [6.07, 6.45) is 9.67. The lowest BCUT2D eigenvalue weighted by Gasteiger charge is -2.32. The van der Waals surface area contributed by atoms with Crippen LogP contribution in [0, 0.1) is 0 Å². The molecule has 0 saturated carbocycles. The van der Waals surface area contributed by atoms with Gasteiger partial charge in [0.25, 0.3) is 0 Å².